The molecule has 0 spiro atoms. The molecule has 1 fully saturated rings. The second-order valence-corrected chi connectivity index (χ2v) is 8.71. The highest BCUT2D eigenvalue weighted by atomic mass is 32.1. The van der Waals surface area contributed by atoms with Crippen LogP contribution < -0.4 is 5.32 Å². The molecule has 2 aliphatic rings. The van der Waals surface area contributed by atoms with Crippen molar-refractivity contribution in [2.45, 2.75) is 45.4 Å². The van der Waals surface area contributed by atoms with Crippen molar-refractivity contribution in [3.05, 3.63) is 51.2 Å². The number of nitrogens with zero attached hydrogens (tertiary/aromatic N) is 3. The van der Waals surface area contributed by atoms with E-state index in [9.17, 15) is 4.39 Å². The first-order valence-corrected chi connectivity index (χ1v) is 10.3. The van der Waals surface area contributed by atoms with E-state index in [1.54, 1.807) is 12.1 Å². The molecule has 1 unspecified atom stereocenters. The third kappa shape index (κ3) is 3.83. The highest BCUT2D eigenvalue weighted by Gasteiger charge is 2.27. The Morgan fingerprint density at radius 2 is 2.23 bits per heavy atom. The largest absolute Gasteiger partial charge is 0.314 e. The van der Waals surface area contributed by atoms with E-state index in [2.05, 4.69) is 29.0 Å². The van der Waals surface area contributed by atoms with Gasteiger partial charge in [-0.05, 0) is 31.5 Å². The molecular formula is C20H27FN4S. The maximum absolute atomic E-state index is 13.7. The van der Waals surface area contributed by atoms with Crippen molar-refractivity contribution in [1.29, 1.82) is 0 Å². The molecule has 4 rings (SSSR count). The highest BCUT2D eigenvalue weighted by Crippen LogP contribution is 2.30. The molecule has 1 aromatic carbocycles. The van der Waals surface area contributed by atoms with Crippen LogP contribution >= 0.6 is 11.3 Å². The average molecular weight is 375 g/mol. The standard InChI is InChI=1S/C20H27FN4S/c1-14(2)24-8-6-17-19(12-24)26-20(23-17)13-25-9-7-22-11-18(25)15-4-3-5-16(21)10-15/h3-5,10,14,18,22H,6-9,11-13H2,1-2H3. The van der Waals surface area contributed by atoms with Gasteiger partial charge in [0.1, 0.15) is 10.8 Å². The zero-order chi connectivity index (χ0) is 18.1. The summed E-state index contributed by atoms with van der Waals surface area (Å²) in [6.07, 6.45) is 1.05. The van der Waals surface area contributed by atoms with Gasteiger partial charge in [0, 0.05) is 56.1 Å². The van der Waals surface area contributed by atoms with Gasteiger partial charge >= 0.3 is 0 Å². The molecule has 26 heavy (non-hydrogen) atoms. The van der Waals surface area contributed by atoms with Crippen molar-refractivity contribution in [3.8, 4) is 0 Å². The van der Waals surface area contributed by atoms with Crippen LogP contribution in [0.25, 0.3) is 0 Å². The number of benzene rings is 1. The van der Waals surface area contributed by atoms with Gasteiger partial charge in [-0.1, -0.05) is 12.1 Å². The minimum absolute atomic E-state index is 0.161. The minimum Gasteiger partial charge on any atom is -0.314 e. The van der Waals surface area contributed by atoms with E-state index >= 15 is 0 Å². The number of thiazole rings is 1. The second-order valence-electron chi connectivity index (χ2n) is 7.54. The first kappa shape index (κ1) is 18.0. The Morgan fingerprint density at radius 3 is 3.04 bits per heavy atom. The van der Waals surface area contributed by atoms with Crippen LogP contribution in [0, 0.1) is 5.82 Å². The zero-order valence-electron chi connectivity index (χ0n) is 15.5. The number of rotatable bonds is 4. The monoisotopic (exact) mass is 374 g/mol. The number of nitrogens with one attached hydrogen (secondary N) is 1. The number of halogens is 1. The van der Waals surface area contributed by atoms with Gasteiger partial charge in [-0.2, -0.15) is 0 Å². The molecule has 4 nitrogen and oxygen atoms in total. The molecule has 140 valence electrons. The lowest BCUT2D eigenvalue weighted by atomic mass is 10.0. The third-order valence-corrected chi connectivity index (χ3v) is 6.53. The van der Waals surface area contributed by atoms with Crippen LogP contribution in [-0.2, 0) is 19.5 Å². The van der Waals surface area contributed by atoms with Crippen molar-refractivity contribution in [2.75, 3.05) is 26.2 Å². The topological polar surface area (TPSA) is 31.4 Å². The molecule has 1 N–H and O–H groups in total. The van der Waals surface area contributed by atoms with Gasteiger partial charge in [-0.25, -0.2) is 9.37 Å². The number of hydrogen-bond acceptors (Lipinski definition) is 5. The molecule has 2 aliphatic heterocycles. The summed E-state index contributed by atoms with van der Waals surface area (Å²) in [4.78, 5) is 11.3. The Labute approximate surface area is 159 Å². The fraction of sp³-hybridized carbons (Fsp3) is 0.550. The maximum atomic E-state index is 13.7. The molecule has 0 saturated carbocycles. The van der Waals surface area contributed by atoms with E-state index in [1.807, 2.05) is 17.4 Å². The van der Waals surface area contributed by atoms with Gasteiger partial charge in [-0.15, -0.1) is 11.3 Å². The van der Waals surface area contributed by atoms with Crippen LogP contribution in [0.4, 0.5) is 4.39 Å². The second kappa shape index (κ2) is 7.72. The van der Waals surface area contributed by atoms with Gasteiger partial charge in [0.05, 0.1) is 12.2 Å². The van der Waals surface area contributed by atoms with Gasteiger partial charge in [-0.3, -0.25) is 9.80 Å². The molecule has 1 aromatic heterocycles. The SMILES string of the molecule is CC(C)N1CCc2nc(CN3CCNCC3c3cccc(F)c3)sc2C1. The lowest BCUT2D eigenvalue weighted by Gasteiger charge is -2.36. The number of piperazine rings is 1. The van der Waals surface area contributed by atoms with Crippen molar-refractivity contribution in [3.63, 3.8) is 0 Å². The Hall–Kier alpha value is -1.34. The normalized spacial score (nSPS) is 21.9. The lowest BCUT2D eigenvalue weighted by Crippen LogP contribution is -2.45. The summed E-state index contributed by atoms with van der Waals surface area (Å²) in [7, 11) is 0. The van der Waals surface area contributed by atoms with Crippen LogP contribution in [-0.4, -0.2) is 47.0 Å². The Balaban J connectivity index is 1.51. The predicted molar refractivity (Wildman–Crippen MR) is 104 cm³/mol. The van der Waals surface area contributed by atoms with E-state index in [0.717, 1.165) is 51.3 Å². The van der Waals surface area contributed by atoms with Gasteiger partial charge in [0.2, 0.25) is 0 Å². The smallest absolute Gasteiger partial charge is 0.123 e. The lowest BCUT2D eigenvalue weighted by molar-refractivity contribution is 0.153. The molecule has 1 saturated heterocycles. The van der Waals surface area contributed by atoms with Crippen LogP contribution in [0.5, 0.6) is 0 Å². The summed E-state index contributed by atoms with van der Waals surface area (Å²) in [6.45, 7) is 10.3. The fourth-order valence-corrected chi connectivity index (χ4v) is 5.10. The zero-order valence-corrected chi connectivity index (χ0v) is 16.4. The summed E-state index contributed by atoms with van der Waals surface area (Å²) in [5.41, 5.74) is 2.34. The molecule has 0 bridgehead atoms. The number of hydrogen-bond donors (Lipinski definition) is 1. The number of aromatic nitrogens is 1. The van der Waals surface area contributed by atoms with Crippen molar-refractivity contribution < 1.29 is 4.39 Å². The predicted octanol–water partition coefficient (Wildman–Crippen LogP) is 3.20. The van der Waals surface area contributed by atoms with E-state index in [0.29, 0.717) is 6.04 Å². The third-order valence-electron chi connectivity index (χ3n) is 5.46. The van der Waals surface area contributed by atoms with Gasteiger partial charge < -0.3 is 5.32 Å². The average Bonchev–Trinajstić information content (AvgIpc) is 3.03. The maximum Gasteiger partial charge on any atom is 0.123 e. The van der Waals surface area contributed by atoms with E-state index in [1.165, 1.54) is 21.6 Å². The Bertz CT molecular complexity index is 760. The molecule has 2 aromatic rings. The minimum atomic E-state index is -0.161. The van der Waals surface area contributed by atoms with Crippen LogP contribution in [0.1, 0.15) is 41.0 Å². The van der Waals surface area contributed by atoms with E-state index in [-0.39, 0.29) is 11.9 Å². The van der Waals surface area contributed by atoms with E-state index < -0.39 is 0 Å². The van der Waals surface area contributed by atoms with Gasteiger partial charge in [0.25, 0.3) is 0 Å². The molecule has 0 aliphatic carbocycles. The van der Waals surface area contributed by atoms with E-state index in [4.69, 9.17) is 4.98 Å². The van der Waals surface area contributed by atoms with Crippen molar-refractivity contribution in [1.82, 2.24) is 20.1 Å². The first-order chi connectivity index (χ1) is 12.6. The molecule has 0 amide bonds. The van der Waals surface area contributed by atoms with Crippen LogP contribution in [0.15, 0.2) is 24.3 Å². The summed E-state index contributed by atoms with van der Waals surface area (Å²) < 4.78 is 13.7. The van der Waals surface area contributed by atoms with Crippen molar-refractivity contribution >= 4 is 11.3 Å². The first-order valence-electron chi connectivity index (χ1n) is 9.52. The van der Waals surface area contributed by atoms with Gasteiger partial charge in [0.15, 0.2) is 0 Å². The van der Waals surface area contributed by atoms with Crippen LogP contribution in [0.3, 0.4) is 0 Å². The Morgan fingerprint density at radius 1 is 1.35 bits per heavy atom. The summed E-state index contributed by atoms with van der Waals surface area (Å²) in [5, 5.41) is 4.65. The quantitative estimate of drug-likeness (QED) is 0.891. The summed E-state index contributed by atoms with van der Waals surface area (Å²) in [6, 6.07) is 7.80. The Kier molecular flexibility index (Phi) is 5.36. The van der Waals surface area contributed by atoms with Crippen molar-refractivity contribution in [2.24, 2.45) is 0 Å². The summed E-state index contributed by atoms with van der Waals surface area (Å²) in [5.74, 6) is -0.161. The highest BCUT2D eigenvalue weighted by molar-refractivity contribution is 7.11. The number of fused-ring (bicyclic) bond motifs is 1. The van der Waals surface area contributed by atoms with Crippen LogP contribution in [0.2, 0.25) is 0 Å². The molecule has 1 atom stereocenters. The summed E-state index contributed by atoms with van der Waals surface area (Å²) >= 11 is 1.86. The molecular weight excluding hydrogens is 347 g/mol. The molecule has 6 heteroatoms. The molecule has 3 heterocycles. The fourth-order valence-electron chi connectivity index (χ4n) is 3.93. The molecule has 0 radical (unpaired) electrons.